The summed E-state index contributed by atoms with van der Waals surface area (Å²) in [6, 6.07) is 2.28. The Morgan fingerprint density at radius 3 is 1.34 bits per heavy atom. The number of hydrogen-bond acceptors (Lipinski definition) is 12. The van der Waals surface area contributed by atoms with Crippen LogP contribution < -0.4 is 0 Å². The Hall–Kier alpha value is 0.580. The third kappa shape index (κ3) is 20.2. The maximum Gasteiger partial charge on any atom is 0.194 e. The van der Waals surface area contributed by atoms with Gasteiger partial charge in [-0.05, 0) is 110 Å². The van der Waals surface area contributed by atoms with Crippen molar-refractivity contribution < 1.29 is 28.1 Å². The summed E-state index contributed by atoms with van der Waals surface area (Å²) in [7, 11) is -2.21. The Morgan fingerprint density at radius 2 is 0.962 bits per heavy atom. The van der Waals surface area contributed by atoms with Gasteiger partial charge in [-0.3, -0.25) is 9.59 Å². The largest absolute Gasteiger partial charge is 0.368 e. The monoisotopic (exact) mass is 829 g/mol. The van der Waals surface area contributed by atoms with Crippen molar-refractivity contribution in [3.8, 4) is 0 Å². The highest BCUT2D eigenvalue weighted by Gasteiger charge is 2.38. The second-order valence-electron chi connectivity index (χ2n) is 16.9. The number of carbonyl (C=O) groups is 2. The fourth-order valence-corrected chi connectivity index (χ4v) is 12.2. The Bertz CT molecular complexity index is 988. The van der Waals surface area contributed by atoms with Gasteiger partial charge in [0.1, 0.15) is 0 Å². The van der Waals surface area contributed by atoms with Crippen LogP contribution in [0.1, 0.15) is 144 Å². The molecular weight excluding hydrogens is 747 g/mol. The number of thioether (sulfide) groups is 2. The predicted molar refractivity (Wildman–Crippen MR) is 233 cm³/mol. The van der Waals surface area contributed by atoms with Gasteiger partial charge in [-0.15, -0.1) is 0 Å². The van der Waals surface area contributed by atoms with E-state index in [-0.39, 0.29) is 52.5 Å². The van der Waals surface area contributed by atoms with Crippen molar-refractivity contribution in [2.45, 2.75) is 193 Å². The van der Waals surface area contributed by atoms with Crippen molar-refractivity contribution in [3.05, 3.63) is 0 Å². The minimum atomic E-state index is -1.13. The Balaban J connectivity index is 6.00. The van der Waals surface area contributed by atoms with Crippen molar-refractivity contribution >= 4 is 50.7 Å². The molecule has 0 aromatic heterocycles. The topological polar surface area (TPSA) is 84.0 Å². The predicted octanol–water partition coefficient (Wildman–Crippen LogP) is 10.9. The maximum absolute atomic E-state index is 12.4. The summed E-state index contributed by atoms with van der Waals surface area (Å²) < 4.78 is 35.4. The average molecular weight is 829 g/mol. The molecule has 0 saturated heterocycles. The highest BCUT2D eigenvalue weighted by molar-refractivity contribution is 8.13. The molecule has 0 radical (unpaired) electrons. The van der Waals surface area contributed by atoms with Crippen LogP contribution in [0, 0.1) is 11.3 Å². The van der Waals surface area contributed by atoms with Gasteiger partial charge in [0.15, 0.2) is 33.9 Å². The summed E-state index contributed by atoms with van der Waals surface area (Å²) in [5.41, 5.74) is -0.357. The van der Waals surface area contributed by atoms with Gasteiger partial charge in [-0.2, -0.15) is 0 Å². The molecule has 4 atom stereocenters. The minimum absolute atomic E-state index is 0.000756. The molecule has 0 heterocycles. The van der Waals surface area contributed by atoms with Gasteiger partial charge >= 0.3 is 0 Å². The summed E-state index contributed by atoms with van der Waals surface area (Å²) in [5.74, 6) is 0.970. The van der Waals surface area contributed by atoms with E-state index in [2.05, 4.69) is 116 Å². The van der Waals surface area contributed by atoms with Crippen LogP contribution in [-0.4, -0.2) is 116 Å². The van der Waals surface area contributed by atoms with Crippen molar-refractivity contribution in [1.29, 1.82) is 0 Å². The molecule has 0 rings (SSSR count). The van der Waals surface area contributed by atoms with E-state index < -0.39 is 16.9 Å². The van der Waals surface area contributed by atoms with E-state index in [9.17, 15) is 9.59 Å². The lowest BCUT2D eigenvalue weighted by Crippen LogP contribution is -2.46. The molecule has 14 heteroatoms. The lowest BCUT2D eigenvalue weighted by molar-refractivity contribution is -0.117. The summed E-state index contributed by atoms with van der Waals surface area (Å²) in [5, 5.41) is 0.331. The number of nitrogens with zero attached hydrogens (tertiary/aromatic N) is 4. The number of carbonyl (C=O) groups excluding carboxylic acids is 2. The van der Waals surface area contributed by atoms with Crippen LogP contribution in [0.25, 0.3) is 0 Å². The van der Waals surface area contributed by atoms with Crippen LogP contribution in [0.3, 0.4) is 0 Å². The van der Waals surface area contributed by atoms with E-state index in [0.717, 1.165) is 12.8 Å². The molecule has 0 aliphatic carbocycles. The molecule has 10 nitrogen and oxygen atoms in total. The van der Waals surface area contributed by atoms with Crippen LogP contribution >= 0.6 is 40.4 Å². The first-order chi connectivity index (χ1) is 24.5. The summed E-state index contributed by atoms with van der Waals surface area (Å²) >= 11 is 2.57. The van der Waals surface area contributed by atoms with Gasteiger partial charge < -0.3 is 18.5 Å². The van der Waals surface area contributed by atoms with Crippen LogP contribution in [0.4, 0.5) is 0 Å². The number of ether oxygens (including phenoxy) is 2. The van der Waals surface area contributed by atoms with Crippen LogP contribution in [-0.2, 0) is 28.1 Å². The van der Waals surface area contributed by atoms with Crippen molar-refractivity contribution in [3.63, 3.8) is 0 Å². The first kappa shape index (κ1) is 53.6. The molecule has 0 bridgehead atoms. The summed E-state index contributed by atoms with van der Waals surface area (Å²) in [6.45, 7) is 43.0. The van der Waals surface area contributed by atoms with Gasteiger partial charge in [0, 0.05) is 65.4 Å². The SMILES string of the molecule is CC(C)C(=O)SCOCCOP(N(C(C)C)C(C)C)N(C(C)C)C(C)CCC(C)N(C(C)C)P(OCOCCSC(=O)C(C)(C)C)N(C(C)C)C(C)C. The van der Waals surface area contributed by atoms with E-state index in [1.165, 1.54) is 23.5 Å². The Labute approximate surface area is 338 Å². The van der Waals surface area contributed by atoms with Crippen LogP contribution in [0.5, 0.6) is 0 Å². The smallest absolute Gasteiger partial charge is 0.194 e. The molecule has 4 unspecified atom stereocenters. The first-order valence-corrected chi connectivity index (χ1v) is 24.3. The standard InChI is InChI=1S/C39H82N4O6P2S2/c1-28(2)37(44)53-27-47-22-23-48-50(40(29(3)4)30(5)6)42(33(11)12)35(15)20-21-36(16)43(34(13)14)51(41(31(7)8)32(9)10)49-26-46-24-25-52-38(45)39(17,18)19/h28-36H,20-27H2,1-19H3. The van der Waals surface area contributed by atoms with Crippen LogP contribution in [0.2, 0.25) is 0 Å². The minimum Gasteiger partial charge on any atom is -0.368 e. The quantitative estimate of drug-likeness (QED) is 0.0428. The Kier molecular flexibility index (Phi) is 27.6. The summed E-state index contributed by atoms with van der Waals surface area (Å²) in [6.07, 6.45) is 2.00. The number of rotatable bonds is 28. The van der Waals surface area contributed by atoms with Crippen LogP contribution in [0.15, 0.2) is 0 Å². The molecule has 0 aromatic carbocycles. The van der Waals surface area contributed by atoms with Gasteiger partial charge in [-0.1, -0.05) is 58.1 Å². The van der Waals surface area contributed by atoms with Crippen molar-refractivity contribution in [1.82, 2.24) is 18.7 Å². The second kappa shape index (κ2) is 27.3. The molecule has 0 N–H and O–H groups in total. The normalized spacial score (nSPS) is 15.6. The van der Waals surface area contributed by atoms with Gasteiger partial charge in [0.25, 0.3) is 0 Å². The van der Waals surface area contributed by atoms with E-state index >= 15 is 0 Å². The average Bonchev–Trinajstić information content (AvgIpc) is 3.01. The van der Waals surface area contributed by atoms with E-state index in [4.69, 9.17) is 18.5 Å². The zero-order valence-electron chi connectivity index (χ0n) is 37.3. The van der Waals surface area contributed by atoms with Crippen molar-refractivity contribution in [2.24, 2.45) is 11.3 Å². The zero-order valence-corrected chi connectivity index (χ0v) is 40.7. The number of hydrogen-bond donors (Lipinski definition) is 0. The summed E-state index contributed by atoms with van der Waals surface area (Å²) in [4.78, 5) is 24.4. The molecule has 0 fully saturated rings. The molecule has 0 aliphatic rings. The maximum atomic E-state index is 12.4. The molecule has 53 heavy (non-hydrogen) atoms. The lowest BCUT2D eigenvalue weighted by atomic mass is 10.00. The van der Waals surface area contributed by atoms with E-state index in [1.54, 1.807) is 0 Å². The first-order valence-electron chi connectivity index (χ1n) is 19.9. The molecule has 0 spiro atoms. The van der Waals surface area contributed by atoms with E-state index in [1.807, 2.05) is 34.6 Å². The van der Waals surface area contributed by atoms with Gasteiger partial charge in [-0.25, -0.2) is 18.7 Å². The van der Waals surface area contributed by atoms with Crippen molar-refractivity contribution in [2.75, 3.05) is 38.3 Å². The molecular formula is C39H82N4O6P2S2. The third-order valence-electron chi connectivity index (χ3n) is 8.39. The molecule has 0 aromatic rings. The molecule has 0 amide bonds. The molecule has 0 saturated carbocycles. The molecule has 316 valence electrons. The zero-order chi connectivity index (χ0) is 41.2. The van der Waals surface area contributed by atoms with Gasteiger partial charge in [0.2, 0.25) is 0 Å². The third-order valence-corrected chi connectivity index (χ3v) is 16.6. The Morgan fingerprint density at radius 1 is 0.547 bits per heavy atom. The highest BCUT2D eigenvalue weighted by atomic mass is 32.2. The second-order valence-corrected chi connectivity index (χ2v) is 22.3. The van der Waals surface area contributed by atoms with E-state index in [0.29, 0.717) is 55.7 Å². The molecule has 0 aliphatic heterocycles. The fourth-order valence-electron chi connectivity index (χ4n) is 6.04. The highest BCUT2D eigenvalue weighted by Crippen LogP contribution is 2.53. The van der Waals surface area contributed by atoms with Gasteiger partial charge in [0.05, 0.1) is 25.8 Å². The fraction of sp³-hybridized carbons (Fsp3) is 0.949. The lowest BCUT2D eigenvalue weighted by Gasteiger charge is -2.48.